The highest BCUT2D eigenvalue weighted by molar-refractivity contribution is 7.19. The predicted octanol–water partition coefficient (Wildman–Crippen LogP) is 4.22. The Bertz CT molecular complexity index is 1340. The molecule has 0 unspecified atom stereocenters. The molecule has 0 aliphatic rings. The van der Waals surface area contributed by atoms with E-state index in [0.717, 1.165) is 27.1 Å². The lowest BCUT2D eigenvalue weighted by Gasteiger charge is -2.08. The molecule has 0 aliphatic carbocycles. The number of halogens is 3. The van der Waals surface area contributed by atoms with Gasteiger partial charge in [0.05, 0.1) is 40.4 Å². The molecule has 1 amide bonds. The van der Waals surface area contributed by atoms with E-state index < -0.39 is 24.3 Å². The first-order valence-corrected chi connectivity index (χ1v) is 11.3. The molecule has 0 fully saturated rings. The van der Waals surface area contributed by atoms with Gasteiger partial charge in [0.25, 0.3) is 5.91 Å². The lowest BCUT2D eigenvalue weighted by atomic mass is 10.1. The highest BCUT2D eigenvalue weighted by Gasteiger charge is 2.30. The Kier molecular flexibility index (Phi) is 6.74. The van der Waals surface area contributed by atoms with Crippen LogP contribution >= 0.6 is 11.3 Å². The normalized spacial score (nSPS) is 11.8. The Morgan fingerprint density at radius 2 is 1.91 bits per heavy atom. The second kappa shape index (κ2) is 9.57. The number of nitrogens with one attached hydrogen (secondary N) is 1. The zero-order valence-electron chi connectivity index (χ0n) is 18.2. The first kappa shape index (κ1) is 23.9. The van der Waals surface area contributed by atoms with Crippen LogP contribution in [0.25, 0.3) is 15.8 Å². The molecule has 4 rings (SSSR count). The second-order valence-corrected chi connectivity index (χ2v) is 8.88. The number of carbonyl (C=O) groups excluding carboxylic acids is 1. The predicted molar refractivity (Wildman–Crippen MR) is 123 cm³/mol. The van der Waals surface area contributed by atoms with Gasteiger partial charge in [-0.25, -0.2) is 4.68 Å². The molecule has 10 heteroatoms. The maximum absolute atomic E-state index is 13.1. The maximum Gasteiger partial charge on any atom is 0.416 e. The minimum atomic E-state index is -4.40. The Hall–Kier alpha value is -3.21. The van der Waals surface area contributed by atoms with Crippen molar-refractivity contribution >= 4 is 27.3 Å². The van der Waals surface area contributed by atoms with E-state index in [1.165, 1.54) is 17.4 Å². The fourth-order valence-electron chi connectivity index (χ4n) is 3.87. The van der Waals surface area contributed by atoms with Crippen molar-refractivity contribution < 1.29 is 28.2 Å². The summed E-state index contributed by atoms with van der Waals surface area (Å²) in [6.07, 6.45) is -4.05. The summed E-state index contributed by atoms with van der Waals surface area (Å²) < 4.78 is 41.7. The van der Waals surface area contributed by atoms with Gasteiger partial charge in [-0.3, -0.25) is 4.79 Å². The van der Waals surface area contributed by atoms with Gasteiger partial charge in [-0.1, -0.05) is 30.3 Å². The van der Waals surface area contributed by atoms with Crippen LogP contribution in [0.4, 0.5) is 13.2 Å². The number of alkyl halides is 3. The van der Waals surface area contributed by atoms with Gasteiger partial charge in [-0.15, -0.1) is 11.3 Å². The maximum atomic E-state index is 13.1. The number of aromatic nitrogens is 2. The van der Waals surface area contributed by atoms with Crippen LogP contribution in [-0.4, -0.2) is 39.1 Å². The topological polar surface area (TPSA) is 87.4 Å². The molecule has 0 spiro atoms. The number of rotatable bonds is 7. The van der Waals surface area contributed by atoms with E-state index in [4.69, 9.17) is 5.11 Å². The largest absolute Gasteiger partial charge is 0.416 e. The summed E-state index contributed by atoms with van der Waals surface area (Å²) in [5, 5.41) is 26.7. The van der Waals surface area contributed by atoms with Crippen molar-refractivity contribution in [3.8, 4) is 5.69 Å². The van der Waals surface area contributed by atoms with Gasteiger partial charge in [0.2, 0.25) is 0 Å². The third-order valence-electron chi connectivity index (χ3n) is 5.40. The number of amides is 1. The fourth-order valence-corrected chi connectivity index (χ4v) is 5.06. The number of thiophene rings is 1. The zero-order chi connectivity index (χ0) is 24.5. The molecule has 0 atom stereocenters. The summed E-state index contributed by atoms with van der Waals surface area (Å²) in [6.45, 7) is 1.15. The summed E-state index contributed by atoms with van der Waals surface area (Å²) in [6, 6.07) is 12.8. The number of carbonyl (C=O) groups is 1. The van der Waals surface area contributed by atoms with Crippen LogP contribution in [-0.2, 0) is 19.2 Å². The standard InChI is InChI=1S/C24H22F3N3O3S/c1-14-21(23(33)28-8-9-31)19(13-32)29-30(14)20-7-3-5-16-12-18(34-22(16)20)11-15-4-2-6-17(10-15)24(25,26)27/h2-7,10,12,31-32H,8-9,11,13H2,1H3,(H,28,33). The van der Waals surface area contributed by atoms with Crippen molar-refractivity contribution in [1.82, 2.24) is 15.1 Å². The number of nitrogens with zero attached hydrogens (tertiary/aromatic N) is 2. The molecule has 0 saturated carbocycles. The fraction of sp³-hybridized carbons (Fsp3) is 0.250. The van der Waals surface area contributed by atoms with Crippen LogP contribution in [0.15, 0.2) is 48.5 Å². The lowest BCUT2D eigenvalue weighted by molar-refractivity contribution is -0.137. The second-order valence-electron chi connectivity index (χ2n) is 7.74. The highest BCUT2D eigenvalue weighted by Crippen LogP contribution is 2.35. The first-order valence-electron chi connectivity index (χ1n) is 10.5. The zero-order valence-corrected chi connectivity index (χ0v) is 19.0. The Balaban J connectivity index is 1.72. The Morgan fingerprint density at radius 1 is 1.15 bits per heavy atom. The molecule has 34 heavy (non-hydrogen) atoms. The quantitative estimate of drug-likeness (QED) is 0.363. The van der Waals surface area contributed by atoms with Crippen molar-refractivity contribution in [3.63, 3.8) is 0 Å². The smallest absolute Gasteiger partial charge is 0.395 e. The van der Waals surface area contributed by atoms with Crippen LogP contribution in [0.5, 0.6) is 0 Å². The van der Waals surface area contributed by atoms with Crippen molar-refractivity contribution in [2.45, 2.75) is 26.1 Å². The highest BCUT2D eigenvalue weighted by atomic mass is 32.1. The number of fused-ring (bicyclic) bond motifs is 1. The molecule has 2 aromatic heterocycles. The summed E-state index contributed by atoms with van der Waals surface area (Å²) in [5.41, 5.74) is 1.57. The average molecular weight is 490 g/mol. The molecule has 4 aromatic rings. The summed E-state index contributed by atoms with van der Waals surface area (Å²) in [5.74, 6) is -0.439. The van der Waals surface area contributed by atoms with Gasteiger partial charge < -0.3 is 15.5 Å². The molecule has 3 N–H and O–H groups in total. The van der Waals surface area contributed by atoms with Gasteiger partial charge >= 0.3 is 6.18 Å². The van der Waals surface area contributed by atoms with E-state index >= 15 is 0 Å². The van der Waals surface area contributed by atoms with Crippen molar-refractivity contribution in [2.24, 2.45) is 0 Å². The summed E-state index contributed by atoms with van der Waals surface area (Å²) in [4.78, 5) is 13.4. The summed E-state index contributed by atoms with van der Waals surface area (Å²) >= 11 is 1.44. The van der Waals surface area contributed by atoms with Crippen molar-refractivity contribution in [3.05, 3.63) is 81.5 Å². The number of benzene rings is 2. The molecule has 178 valence electrons. The van der Waals surface area contributed by atoms with E-state index in [0.29, 0.717) is 23.4 Å². The Labute approximate surface area is 197 Å². The molecule has 2 heterocycles. The number of hydrogen-bond donors (Lipinski definition) is 3. The monoisotopic (exact) mass is 489 g/mol. The number of aliphatic hydroxyl groups excluding tert-OH is 2. The molecule has 0 aliphatic heterocycles. The van der Waals surface area contributed by atoms with Gasteiger partial charge in [0, 0.05) is 17.8 Å². The molecular weight excluding hydrogens is 467 g/mol. The molecule has 2 aromatic carbocycles. The first-order chi connectivity index (χ1) is 16.2. The third kappa shape index (κ3) is 4.70. The lowest BCUT2D eigenvalue weighted by Crippen LogP contribution is -2.27. The van der Waals surface area contributed by atoms with Crippen LogP contribution in [0.3, 0.4) is 0 Å². The van der Waals surface area contributed by atoms with E-state index in [1.807, 2.05) is 24.3 Å². The van der Waals surface area contributed by atoms with Crippen molar-refractivity contribution in [2.75, 3.05) is 13.2 Å². The molecule has 6 nitrogen and oxygen atoms in total. The van der Waals surface area contributed by atoms with Crippen LogP contribution in [0, 0.1) is 6.92 Å². The van der Waals surface area contributed by atoms with Gasteiger partial charge in [0.15, 0.2) is 0 Å². The van der Waals surface area contributed by atoms with Gasteiger partial charge in [-0.05, 0) is 36.1 Å². The molecule has 0 bridgehead atoms. The van der Waals surface area contributed by atoms with E-state index in [9.17, 15) is 23.1 Å². The molecular formula is C24H22F3N3O3S. The van der Waals surface area contributed by atoms with E-state index in [-0.39, 0.29) is 24.4 Å². The van der Waals surface area contributed by atoms with Crippen molar-refractivity contribution in [1.29, 1.82) is 0 Å². The number of aliphatic hydroxyl groups is 2. The van der Waals surface area contributed by atoms with Crippen LogP contribution in [0.1, 0.15) is 37.7 Å². The van der Waals surface area contributed by atoms with E-state index in [2.05, 4.69) is 10.4 Å². The molecule has 0 saturated heterocycles. The Morgan fingerprint density at radius 3 is 2.62 bits per heavy atom. The molecule has 0 radical (unpaired) electrons. The van der Waals surface area contributed by atoms with Crippen LogP contribution < -0.4 is 5.32 Å². The SMILES string of the molecule is Cc1c(C(=O)NCCO)c(CO)nn1-c1cccc2cc(Cc3cccc(C(F)(F)F)c3)sc12. The van der Waals surface area contributed by atoms with Gasteiger partial charge in [0.1, 0.15) is 5.69 Å². The minimum absolute atomic E-state index is 0.0771. The van der Waals surface area contributed by atoms with E-state index in [1.54, 1.807) is 17.7 Å². The average Bonchev–Trinajstić information content (AvgIpc) is 3.37. The minimum Gasteiger partial charge on any atom is -0.395 e. The third-order valence-corrected chi connectivity index (χ3v) is 6.57. The summed E-state index contributed by atoms with van der Waals surface area (Å²) in [7, 11) is 0. The number of hydrogen-bond acceptors (Lipinski definition) is 5. The van der Waals surface area contributed by atoms with Gasteiger partial charge in [-0.2, -0.15) is 18.3 Å². The van der Waals surface area contributed by atoms with Crippen LogP contribution in [0.2, 0.25) is 0 Å².